The fourth-order valence-corrected chi connectivity index (χ4v) is 1.64. The van der Waals surface area contributed by atoms with Gasteiger partial charge < -0.3 is 4.74 Å². The van der Waals surface area contributed by atoms with Gasteiger partial charge in [-0.1, -0.05) is 25.1 Å². The molecule has 0 saturated heterocycles. The Morgan fingerprint density at radius 3 is 2.60 bits per heavy atom. The molecule has 82 valence electrons. The molecule has 2 heteroatoms. The topological polar surface area (TPSA) is 26.3 Å². The summed E-state index contributed by atoms with van der Waals surface area (Å²) >= 11 is 0. The number of ether oxygens (including phenoxy) is 1. The van der Waals surface area contributed by atoms with E-state index in [1.807, 2.05) is 13.0 Å². The highest BCUT2D eigenvalue weighted by molar-refractivity contribution is 5.72. The molecule has 0 aliphatic carbocycles. The smallest absolute Gasteiger partial charge is 0.310 e. The third-order valence-electron chi connectivity index (χ3n) is 2.44. The molecule has 0 saturated carbocycles. The summed E-state index contributed by atoms with van der Waals surface area (Å²) in [5.74, 6) is -0.152. The Balaban J connectivity index is 2.71. The Morgan fingerprint density at radius 1 is 1.33 bits per heavy atom. The lowest BCUT2D eigenvalue weighted by molar-refractivity contribution is -0.142. The number of carbonyl (C=O) groups excluding carboxylic acids is 1. The van der Waals surface area contributed by atoms with E-state index in [2.05, 4.69) is 26.0 Å². The van der Waals surface area contributed by atoms with Gasteiger partial charge in [0.2, 0.25) is 0 Å². The first-order valence-corrected chi connectivity index (χ1v) is 5.41. The second kappa shape index (κ2) is 5.54. The van der Waals surface area contributed by atoms with Crippen LogP contribution in [0.15, 0.2) is 18.2 Å². The number of hydrogen-bond acceptors (Lipinski definition) is 2. The van der Waals surface area contributed by atoms with E-state index < -0.39 is 0 Å². The van der Waals surface area contributed by atoms with Crippen molar-refractivity contribution >= 4 is 5.97 Å². The molecule has 0 atom stereocenters. The van der Waals surface area contributed by atoms with E-state index in [4.69, 9.17) is 4.74 Å². The van der Waals surface area contributed by atoms with Crippen molar-refractivity contribution in [2.24, 2.45) is 0 Å². The van der Waals surface area contributed by atoms with E-state index in [-0.39, 0.29) is 5.97 Å². The van der Waals surface area contributed by atoms with Crippen molar-refractivity contribution in [3.8, 4) is 0 Å². The minimum absolute atomic E-state index is 0.152. The van der Waals surface area contributed by atoms with E-state index in [9.17, 15) is 4.79 Å². The van der Waals surface area contributed by atoms with Crippen molar-refractivity contribution in [3.05, 3.63) is 34.9 Å². The zero-order valence-electron chi connectivity index (χ0n) is 9.67. The van der Waals surface area contributed by atoms with Crippen LogP contribution in [0.5, 0.6) is 0 Å². The van der Waals surface area contributed by atoms with Gasteiger partial charge in [0.15, 0.2) is 0 Å². The number of hydrogen-bond donors (Lipinski definition) is 0. The zero-order chi connectivity index (χ0) is 11.3. The van der Waals surface area contributed by atoms with Crippen molar-refractivity contribution in [1.82, 2.24) is 0 Å². The van der Waals surface area contributed by atoms with Crippen LogP contribution in [-0.4, -0.2) is 12.6 Å². The molecule has 0 bridgehead atoms. The predicted molar refractivity (Wildman–Crippen MR) is 60.9 cm³/mol. The molecule has 0 heterocycles. The minimum atomic E-state index is -0.152. The summed E-state index contributed by atoms with van der Waals surface area (Å²) in [6, 6.07) is 6.16. The Bertz CT molecular complexity index is 342. The molecule has 0 amide bonds. The van der Waals surface area contributed by atoms with Gasteiger partial charge in [-0.05, 0) is 37.0 Å². The Kier molecular flexibility index (Phi) is 4.35. The van der Waals surface area contributed by atoms with Gasteiger partial charge in [0.25, 0.3) is 0 Å². The van der Waals surface area contributed by atoms with Crippen LogP contribution in [0, 0.1) is 6.92 Å². The number of rotatable bonds is 4. The maximum absolute atomic E-state index is 11.3. The van der Waals surface area contributed by atoms with Crippen LogP contribution >= 0.6 is 0 Å². The SMILES string of the molecule is CCOC(=O)Cc1ccc(CC)c(C)c1. The summed E-state index contributed by atoms with van der Waals surface area (Å²) < 4.78 is 4.90. The quantitative estimate of drug-likeness (QED) is 0.708. The van der Waals surface area contributed by atoms with Crippen LogP contribution in [0.1, 0.15) is 30.5 Å². The van der Waals surface area contributed by atoms with Crippen LogP contribution in [0.4, 0.5) is 0 Å². The molecular weight excluding hydrogens is 188 g/mol. The summed E-state index contributed by atoms with van der Waals surface area (Å²) in [7, 11) is 0. The van der Waals surface area contributed by atoms with Crippen molar-refractivity contribution < 1.29 is 9.53 Å². The van der Waals surface area contributed by atoms with E-state index in [1.165, 1.54) is 11.1 Å². The van der Waals surface area contributed by atoms with Crippen LogP contribution in [0.25, 0.3) is 0 Å². The predicted octanol–water partition coefficient (Wildman–Crippen LogP) is 2.66. The van der Waals surface area contributed by atoms with Crippen molar-refractivity contribution in [2.45, 2.75) is 33.6 Å². The second-order valence-corrected chi connectivity index (χ2v) is 3.60. The fourth-order valence-electron chi connectivity index (χ4n) is 1.64. The van der Waals surface area contributed by atoms with E-state index in [0.717, 1.165) is 12.0 Å². The number of esters is 1. The van der Waals surface area contributed by atoms with Crippen LogP contribution in [0.3, 0.4) is 0 Å². The maximum atomic E-state index is 11.3. The Hall–Kier alpha value is -1.31. The first kappa shape index (κ1) is 11.8. The Labute approximate surface area is 91.3 Å². The molecular formula is C13H18O2. The average molecular weight is 206 g/mol. The Morgan fingerprint density at radius 2 is 2.07 bits per heavy atom. The number of aryl methyl sites for hydroxylation is 2. The van der Waals surface area contributed by atoms with Gasteiger partial charge in [-0.25, -0.2) is 0 Å². The molecule has 2 nitrogen and oxygen atoms in total. The summed E-state index contributed by atoms with van der Waals surface area (Å²) in [4.78, 5) is 11.3. The third-order valence-corrected chi connectivity index (χ3v) is 2.44. The van der Waals surface area contributed by atoms with E-state index in [0.29, 0.717) is 13.0 Å². The van der Waals surface area contributed by atoms with E-state index in [1.54, 1.807) is 0 Å². The lowest BCUT2D eigenvalue weighted by Crippen LogP contribution is -2.07. The highest BCUT2D eigenvalue weighted by atomic mass is 16.5. The number of benzene rings is 1. The molecule has 1 rings (SSSR count). The van der Waals surface area contributed by atoms with Gasteiger partial charge in [-0.15, -0.1) is 0 Å². The van der Waals surface area contributed by atoms with Gasteiger partial charge in [-0.2, -0.15) is 0 Å². The highest BCUT2D eigenvalue weighted by Crippen LogP contribution is 2.12. The highest BCUT2D eigenvalue weighted by Gasteiger charge is 2.05. The molecule has 0 fully saturated rings. The molecule has 0 aromatic heterocycles. The number of carbonyl (C=O) groups is 1. The molecule has 0 aliphatic rings. The van der Waals surface area contributed by atoms with Gasteiger partial charge in [0, 0.05) is 0 Å². The van der Waals surface area contributed by atoms with Crippen LogP contribution in [-0.2, 0) is 22.4 Å². The molecule has 0 aliphatic heterocycles. The standard InChI is InChI=1S/C13H18O2/c1-4-12-7-6-11(8-10(12)3)9-13(14)15-5-2/h6-8H,4-5,9H2,1-3H3. The average Bonchev–Trinajstić information content (AvgIpc) is 2.18. The summed E-state index contributed by atoms with van der Waals surface area (Å²) in [5, 5.41) is 0. The molecule has 1 aromatic rings. The summed E-state index contributed by atoms with van der Waals surface area (Å²) in [5.41, 5.74) is 3.62. The maximum Gasteiger partial charge on any atom is 0.310 e. The zero-order valence-corrected chi connectivity index (χ0v) is 9.67. The lowest BCUT2D eigenvalue weighted by atomic mass is 10.0. The molecule has 0 N–H and O–H groups in total. The van der Waals surface area contributed by atoms with E-state index >= 15 is 0 Å². The van der Waals surface area contributed by atoms with Gasteiger partial charge in [0.1, 0.15) is 0 Å². The largest absolute Gasteiger partial charge is 0.466 e. The molecule has 0 spiro atoms. The molecule has 15 heavy (non-hydrogen) atoms. The van der Waals surface area contributed by atoms with Gasteiger partial charge >= 0.3 is 5.97 Å². The molecule has 0 radical (unpaired) electrons. The third kappa shape index (κ3) is 3.39. The molecule has 1 aromatic carbocycles. The van der Waals surface area contributed by atoms with Gasteiger partial charge in [-0.3, -0.25) is 4.79 Å². The summed E-state index contributed by atoms with van der Waals surface area (Å²) in [6.45, 7) is 6.48. The molecule has 0 unspecified atom stereocenters. The first-order valence-electron chi connectivity index (χ1n) is 5.41. The lowest BCUT2D eigenvalue weighted by Gasteiger charge is -2.06. The van der Waals surface area contributed by atoms with Crippen LogP contribution < -0.4 is 0 Å². The van der Waals surface area contributed by atoms with Crippen molar-refractivity contribution in [2.75, 3.05) is 6.61 Å². The minimum Gasteiger partial charge on any atom is -0.466 e. The van der Waals surface area contributed by atoms with Crippen LogP contribution in [0.2, 0.25) is 0 Å². The normalized spacial score (nSPS) is 10.1. The fraction of sp³-hybridized carbons (Fsp3) is 0.462. The van der Waals surface area contributed by atoms with Crippen molar-refractivity contribution in [1.29, 1.82) is 0 Å². The summed E-state index contributed by atoms with van der Waals surface area (Å²) in [6.07, 6.45) is 1.41. The first-order chi connectivity index (χ1) is 7.17. The monoisotopic (exact) mass is 206 g/mol. The second-order valence-electron chi connectivity index (χ2n) is 3.60. The van der Waals surface area contributed by atoms with Crippen molar-refractivity contribution in [3.63, 3.8) is 0 Å². The van der Waals surface area contributed by atoms with Gasteiger partial charge in [0.05, 0.1) is 13.0 Å².